The number of hydrogen-bond acceptors (Lipinski definition) is 6. The van der Waals surface area contributed by atoms with Crippen LogP contribution in [0.25, 0.3) is 0 Å². The highest BCUT2D eigenvalue weighted by atomic mass is 32.1. The Labute approximate surface area is 149 Å². The van der Waals surface area contributed by atoms with E-state index in [-0.39, 0.29) is 10.8 Å². The molecule has 3 aromatic rings. The number of thiazole rings is 1. The molecule has 0 radical (unpaired) electrons. The van der Waals surface area contributed by atoms with Gasteiger partial charge in [0.25, 0.3) is 0 Å². The summed E-state index contributed by atoms with van der Waals surface area (Å²) < 4.78 is 5.72. The summed E-state index contributed by atoms with van der Waals surface area (Å²) in [5, 5.41) is 9.63. The molecule has 2 N–H and O–H groups in total. The van der Waals surface area contributed by atoms with Crippen LogP contribution in [0.3, 0.4) is 0 Å². The number of benzene rings is 1. The highest BCUT2D eigenvalue weighted by Gasteiger charge is 2.07. The van der Waals surface area contributed by atoms with Crippen molar-refractivity contribution in [3.05, 3.63) is 74.3 Å². The number of pyridine rings is 1. The second-order valence-electron chi connectivity index (χ2n) is 5.64. The molecule has 0 amide bonds. The molecule has 0 spiro atoms. The van der Waals surface area contributed by atoms with Gasteiger partial charge in [-0.25, -0.2) is 4.98 Å². The third-order valence-electron chi connectivity index (χ3n) is 3.68. The first-order chi connectivity index (χ1) is 12.1. The van der Waals surface area contributed by atoms with E-state index in [0.717, 1.165) is 28.3 Å². The summed E-state index contributed by atoms with van der Waals surface area (Å²) in [4.78, 5) is 20.2. The molecule has 7 heteroatoms. The van der Waals surface area contributed by atoms with Crippen LogP contribution in [0.5, 0.6) is 5.88 Å². The molecule has 0 aliphatic rings. The first kappa shape index (κ1) is 17.2. The van der Waals surface area contributed by atoms with Crippen LogP contribution in [0.4, 0.5) is 5.82 Å². The predicted octanol–water partition coefficient (Wildman–Crippen LogP) is 2.74. The minimum atomic E-state index is -0.241. The number of H-pyrrole nitrogens is 1. The van der Waals surface area contributed by atoms with E-state index in [1.807, 2.05) is 54.4 Å². The monoisotopic (exact) mass is 357 g/mol. The maximum absolute atomic E-state index is 11.2. The zero-order valence-electron chi connectivity index (χ0n) is 13.8. The van der Waals surface area contributed by atoms with Gasteiger partial charge in [0, 0.05) is 19.7 Å². The van der Waals surface area contributed by atoms with Crippen molar-refractivity contribution in [2.24, 2.45) is 0 Å². The summed E-state index contributed by atoms with van der Waals surface area (Å²) >= 11 is 1.03. The summed E-state index contributed by atoms with van der Waals surface area (Å²) in [7, 11) is 1.93. The third-order valence-corrected chi connectivity index (χ3v) is 4.55. The van der Waals surface area contributed by atoms with E-state index in [1.165, 1.54) is 0 Å². The number of rotatable bonds is 7. The quantitative estimate of drug-likeness (QED) is 0.636. The Morgan fingerprint density at radius 1 is 1.20 bits per heavy atom. The van der Waals surface area contributed by atoms with E-state index in [0.29, 0.717) is 24.6 Å². The highest BCUT2D eigenvalue weighted by molar-refractivity contribution is 7.09. The maximum Gasteiger partial charge on any atom is 0.307 e. The van der Waals surface area contributed by atoms with Crippen molar-refractivity contribution >= 4 is 17.2 Å². The Bertz CT molecular complexity index is 859. The largest absolute Gasteiger partial charge is 0.494 e. The van der Waals surface area contributed by atoms with Crippen LogP contribution in [0.2, 0.25) is 0 Å². The zero-order valence-corrected chi connectivity index (χ0v) is 14.6. The molecule has 0 aliphatic carbocycles. The minimum Gasteiger partial charge on any atom is -0.494 e. The molecule has 25 heavy (non-hydrogen) atoms. The first-order valence-corrected chi connectivity index (χ1v) is 8.62. The van der Waals surface area contributed by atoms with Crippen molar-refractivity contribution in [2.45, 2.75) is 13.0 Å². The van der Waals surface area contributed by atoms with Gasteiger partial charge in [-0.15, -0.1) is 0 Å². The molecule has 6 nitrogen and oxygen atoms in total. The number of anilines is 1. The summed E-state index contributed by atoms with van der Waals surface area (Å²) in [6, 6.07) is 13.7. The van der Waals surface area contributed by atoms with E-state index in [9.17, 15) is 9.90 Å². The number of hydrogen-bond donors (Lipinski definition) is 2. The number of nitrogens with zero attached hydrogens (tertiary/aromatic N) is 2. The molecule has 0 unspecified atom stereocenters. The lowest BCUT2D eigenvalue weighted by molar-refractivity contribution is 0.123. The molecule has 0 aliphatic heterocycles. The van der Waals surface area contributed by atoms with Crippen molar-refractivity contribution in [2.75, 3.05) is 18.7 Å². The fourth-order valence-corrected chi connectivity index (χ4v) is 3.11. The van der Waals surface area contributed by atoms with Crippen LogP contribution >= 0.6 is 11.3 Å². The summed E-state index contributed by atoms with van der Waals surface area (Å²) in [5.41, 5.74) is 2.09. The number of aromatic hydroxyl groups is 1. The summed E-state index contributed by atoms with van der Waals surface area (Å²) in [5.74, 6) is 0.822. The van der Waals surface area contributed by atoms with Gasteiger partial charge in [-0.05, 0) is 23.3 Å². The van der Waals surface area contributed by atoms with E-state index >= 15 is 0 Å². The molecule has 2 heterocycles. The van der Waals surface area contributed by atoms with E-state index in [2.05, 4.69) is 9.97 Å². The molecular weight excluding hydrogens is 338 g/mol. The molecule has 1 aromatic carbocycles. The van der Waals surface area contributed by atoms with Crippen molar-refractivity contribution in [3.8, 4) is 5.88 Å². The summed E-state index contributed by atoms with van der Waals surface area (Å²) in [6.07, 6.45) is 2.28. The normalized spacial score (nSPS) is 10.8. The van der Waals surface area contributed by atoms with Gasteiger partial charge in [-0.3, -0.25) is 9.78 Å². The average Bonchev–Trinajstić information content (AvgIpc) is 2.94. The van der Waals surface area contributed by atoms with E-state index < -0.39 is 0 Å². The van der Waals surface area contributed by atoms with Gasteiger partial charge in [-0.2, -0.15) is 0 Å². The minimum absolute atomic E-state index is 0.0417. The molecule has 0 saturated heterocycles. The lowest BCUT2D eigenvalue weighted by atomic mass is 10.1. The van der Waals surface area contributed by atoms with Crippen LogP contribution in [0.15, 0.2) is 53.5 Å². The van der Waals surface area contributed by atoms with Crippen LogP contribution < -0.4 is 9.77 Å². The van der Waals surface area contributed by atoms with Crippen LogP contribution in [0, 0.1) is 0 Å². The smallest absolute Gasteiger partial charge is 0.307 e. The van der Waals surface area contributed by atoms with Crippen molar-refractivity contribution in [1.82, 2.24) is 9.97 Å². The first-order valence-electron chi connectivity index (χ1n) is 7.80. The molecule has 0 saturated carbocycles. The second kappa shape index (κ2) is 7.96. The molecule has 2 aromatic heterocycles. The third kappa shape index (κ3) is 4.68. The Kier molecular flexibility index (Phi) is 5.47. The van der Waals surface area contributed by atoms with Crippen LogP contribution in [-0.2, 0) is 17.8 Å². The fourth-order valence-electron chi connectivity index (χ4n) is 2.36. The average molecular weight is 357 g/mol. The van der Waals surface area contributed by atoms with E-state index in [1.54, 1.807) is 6.20 Å². The number of ether oxygens (including phenoxy) is 1. The number of aromatic amines is 1. The van der Waals surface area contributed by atoms with Gasteiger partial charge in [-0.1, -0.05) is 41.7 Å². The number of aromatic nitrogens is 2. The molecule has 0 bridgehead atoms. The topological polar surface area (TPSA) is 78.5 Å². The zero-order chi connectivity index (χ0) is 17.6. The van der Waals surface area contributed by atoms with Crippen molar-refractivity contribution < 1.29 is 9.84 Å². The summed E-state index contributed by atoms with van der Waals surface area (Å²) in [6.45, 7) is 0.949. The van der Waals surface area contributed by atoms with Crippen LogP contribution in [0.1, 0.15) is 16.0 Å². The fraction of sp³-hybridized carbons (Fsp3) is 0.222. The Hall–Kier alpha value is -2.64. The Balaban J connectivity index is 1.51. The molecule has 3 rings (SSSR count). The highest BCUT2D eigenvalue weighted by Crippen LogP contribution is 2.20. The SMILES string of the molecule is CN(COCc1ccc(Cc2sc(=O)[nH]c2O)cc1)c1ccccn1. The molecule has 130 valence electrons. The van der Waals surface area contributed by atoms with E-state index in [4.69, 9.17) is 4.74 Å². The maximum atomic E-state index is 11.2. The van der Waals surface area contributed by atoms with Gasteiger partial charge in [0.1, 0.15) is 12.5 Å². The van der Waals surface area contributed by atoms with Gasteiger partial charge >= 0.3 is 4.87 Å². The van der Waals surface area contributed by atoms with Gasteiger partial charge in [0.2, 0.25) is 5.88 Å². The van der Waals surface area contributed by atoms with Crippen molar-refractivity contribution in [1.29, 1.82) is 0 Å². The van der Waals surface area contributed by atoms with Crippen molar-refractivity contribution in [3.63, 3.8) is 0 Å². The molecule has 0 fully saturated rings. The lowest BCUT2D eigenvalue weighted by Crippen LogP contribution is -2.21. The molecular formula is C18H19N3O3S. The molecule has 0 atom stereocenters. The predicted molar refractivity (Wildman–Crippen MR) is 98.1 cm³/mol. The van der Waals surface area contributed by atoms with Gasteiger partial charge < -0.3 is 14.7 Å². The van der Waals surface area contributed by atoms with Gasteiger partial charge in [0.15, 0.2) is 0 Å². The second-order valence-corrected chi connectivity index (χ2v) is 6.71. The Morgan fingerprint density at radius 2 is 1.96 bits per heavy atom. The Morgan fingerprint density at radius 3 is 2.60 bits per heavy atom. The van der Waals surface area contributed by atoms with Gasteiger partial charge in [0.05, 0.1) is 11.5 Å². The lowest BCUT2D eigenvalue weighted by Gasteiger charge is -2.17. The van der Waals surface area contributed by atoms with Crippen LogP contribution in [-0.4, -0.2) is 28.9 Å². The number of nitrogens with one attached hydrogen (secondary N) is 1. The standard InChI is InChI=1S/C18H19N3O3S/c1-21(16-4-2-3-9-19-16)12-24-11-14-7-5-13(6-8-14)10-15-17(22)20-18(23)25-15/h2-9,22H,10-12H2,1H3,(H,20,23).